The van der Waals surface area contributed by atoms with Gasteiger partial charge in [0, 0.05) is 19.2 Å². The highest BCUT2D eigenvalue weighted by atomic mass is 19.1. The van der Waals surface area contributed by atoms with E-state index in [1.165, 1.54) is 12.1 Å². The molecule has 0 radical (unpaired) electrons. The summed E-state index contributed by atoms with van der Waals surface area (Å²) in [5, 5.41) is 9.14. The van der Waals surface area contributed by atoms with E-state index in [2.05, 4.69) is 0 Å². The molecule has 0 saturated carbocycles. The Kier molecular flexibility index (Phi) is 5.52. The quantitative estimate of drug-likeness (QED) is 0.887. The number of rotatable bonds is 5. The molecular formula is C15H20FNO4. The summed E-state index contributed by atoms with van der Waals surface area (Å²) in [5.74, 6) is -0.0157. The summed E-state index contributed by atoms with van der Waals surface area (Å²) in [5.41, 5.74) is 0. The van der Waals surface area contributed by atoms with Crippen molar-refractivity contribution in [2.45, 2.75) is 25.6 Å². The van der Waals surface area contributed by atoms with Gasteiger partial charge in [0.1, 0.15) is 11.6 Å². The number of morpholine rings is 1. The number of hydrogen-bond acceptors (Lipinski definition) is 4. The van der Waals surface area contributed by atoms with Crippen molar-refractivity contribution < 1.29 is 23.8 Å². The van der Waals surface area contributed by atoms with Crippen molar-refractivity contribution >= 4 is 5.91 Å². The molecule has 116 valence electrons. The third-order valence-electron chi connectivity index (χ3n) is 3.26. The number of ether oxygens (including phenoxy) is 2. The molecule has 1 aliphatic heterocycles. The zero-order valence-corrected chi connectivity index (χ0v) is 12.0. The van der Waals surface area contributed by atoms with Crippen molar-refractivity contribution in [1.82, 2.24) is 4.90 Å². The molecule has 1 heterocycles. The highest BCUT2D eigenvalue weighted by molar-refractivity contribution is 5.76. The van der Waals surface area contributed by atoms with E-state index in [9.17, 15) is 9.18 Å². The SMILES string of the molecule is CC1CN(C(=O)CCOc2cccc(F)c2)CC(CO)O1. The van der Waals surface area contributed by atoms with E-state index in [0.717, 1.165) is 0 Å². The van der Waals surface area contributed by atoms with Gasteiger partial charge in [-0.3, -0.25) is 4.79 Å². The average Bonchev–Trinajstić information content (AvgIpc) is 2.46. The van der Waals surface area contributed by atoms with Gasteiger partial charge in [0.25, 0.3) is 0 Å². The van der Waals surface area contributed by atoms with Gasteiger partial charge in [0.15, 0.2) is 0 Å². The van der Waals surface area contributed by atoms with Gasteiger partial charge in [-0.2, -0.15) is 0 Å². The lowest BCUT2D eigenvalue weighted by Crippen LogP contribution is -2.50. The molecule has 6 heteroatoms. The first-order valence-electron chi connectivity index (χ1n) is 7.01. The van der Waals surface area contributed by atoms with Crippen molar-refractivity contribution in [3.8, 4) is 5.75 Å². The minimum atomic E-state index is -0.369. The van der Waals surface area contributed by atoms with Gasteiger partial charge in [0.2, 0.25) is 5.91 Å². The minimum Gasteiger partial charge on any atom is -0.493 e. The van der Waals surface area contributed by atoms with Crippen LogP contribution in [-0.4, -0.2) is 54.4 Å². The predicted molar refractivity (Wildman–Crippen MR) is 74.5 cm³/mol. The Bertz CT molecular complexity index is 482. The topological polar surface area (TPSA) is 59.0 Å². The van der Waals surface area contributed by atoms with Crippen molar-refractivity contribution in [2.75, 3.05) is 26.3 Å². The fourth-order valence-corrected chi connectivity index (χ4v) is 2.32. The van der Waals surface area contributed by atoms with Crippen LogP contribution in [0, 0.1) is 5.82 Å². The normalized spacial score (nSPS) is 22.1. The van der Waals surface area contributed by atoms with E-state index in [1.54, 1.807) is 17.0 Å². The highest BCUT2D eigenvalue weighted by Crippen LogP contribution is 2.14. The average molecular weight is 297 g/mol. The Hall–Kier alpha value is -1.66. The first-order chi connectivity index (χ1) is 10.1. The number of benzene rings is 1. The van der Waals surface area contributed by atoms with Crippen LogP contribution in [0.1, 0.15) is 13.3 Å². The van der Waals surface area contributed by atoms with Gasteiger partial charge < -0.3 is 19.5 Å². The Morgan fingerprint density at radius 1 is 1.52 bits per heavy atom. The summed E-state index contributed by atoms with van der Waals surface area (Å²) in [6, 6.07) is 5.82. The standard InChI is InChI=1S/C15H20FNO4/c1-11-8-17(9-14(10-18)21-11)15(19)5-6-20-13-4-2-3-12(16)7-13/h2-4,7,11,14,18H,5-6,8-10H2,1H3. The molecule has 1 fully saturated rings. The lowest BCUT2D eigenvalue weighted by Gasteiger charge is -2.36. The van der Waals surface area contributed by atoms with Gasteiger partial charge in [0.05, 0.1) is 31.8 Å². The minimum absolute atomic E-state index is 0.0556. The first-order valence-corrected chi connectivity index (χ1v) is 7.01. The second kappa shape index (κ2) is 7.38. The summed E-state index contributed by atoms with van der Waals surface area (Å²) in [7, 11) is 0. The van der Waals surface area contributed by atoms with Gasteiger partial charge in [-0.15, -0.1) is 0 Å². The first kappa shape index (κ1) is 15.7. The molecular weight excluding hydrogens is 277 g/mol. The Labute approximate surface area is 123 Å². The number of nitrogens with zero attached hydrogens (tertiary/aromatic N) is 1. The molecule has 21 heavy (non-hydrogen) atoms. The summed E-state index contributed by atoms with van der Waals surface area (Å²) >= 11 is 0. The molecule has 2 rings (SSSR count). The Morgan fingerprint density at radius 3 is 3.05 bits per heavy atom. The van der Waals surface area contributed by atoms with Crippen LogP contribution in [-0.2, 0) is 9.53 Å². The third kappa shape index (κ3) is 4.68. The smallest absolute Gasteiger partial charge is 0.226 e. The summed E-state index contributed by atoms with van der Waals surface area (Å²) in [4.78, 5) is 13.8. The number of carbonyl (C=O) groups is 1. The second-order valence-electron chi connectivity index (χ2n) is 5.11. The van der Waals surface area contributed by atoms with Crippen molar-refractivity contribution in [3.63, 3.8) is 0 Å². The largest absolute Gasteiger partial charge is 0.493 e. The maximum atomic E-state index is 13.0. The molecule has 0 bridgehead atoms. The highest BCUT2D eigenvalue weighted by Gasteiger charge is 2.27. The second-order valence-corrected chi connectivity index (χ2v) is 5.11. The van der Waals surface area contributed by atoms with Crippen LogP contribution in [0.4, 0.5) is 4.39 Å². The van der Waals surface area contributed by atoms with Gasteiger partial charge in [-0.05, 0) is 19.1 Å². The van der Waals surface area contributed by atoms with Crippen LogP contribution in [0.5, 0.6) is 5.75 Å². The molecule has 0 aliphatic carbocycles. The number of halogens is 1. The lowest BCUT2D eigenvalue weighted by molar-refractivity contribution is -0.147. The van der Waals surface area contributed by atoms with E-state index in [1.807, 2.05) is 6.92 Å². The molecule has 1 aromatic carbocycles. The molecule has 0 spiro atoms. The molecule has 5 nitrogen and oxygen atoms in total. The van der Waals surface area contributed by atoms with Crippen LogP contribution in [0.15, 0.2) is 24.3 Å². The van der Waals surface area contributed by atoms with Crippen LogP contribution in [0.3, 0.4) is 0 Å². The van der Waals surface area contributed by atoms with Crippen LogP contribution in [0.25, 0.3) is 0 Å². The molecule has 0 aromatic heterocycles. The van der Waals surface area contributed by atoms with Crippen LogP contribution < -0.4 is 4.74 Å². The molecule has 2 atom stereocenters. The number of hydrogen-bond donors (Lipinski definition) is 1. The third-order valence-corrected chi connectivity index (χ3v) is 3.26. The van der Waals surface area contributed by atoms with E-state index < -0.39 is 0 Å². The van der Waals surface area contributed by atoms with Gasteiger partial charge in [-0.25, -0.2) is 4.39 Å². The number of amides is 1. The monoisotopic (exact) mass is 297 g/mol. The van der Waals surface area contributed by atoms with Gasteiger partial charge in [-0.1, -0.05) is 6.07 Å². The zero-order valence-electron chi connectivity index (χ0n) is 12.0. The summed E-state index contributed by atoms with van der Waals surface area (Å²) in [6.45, 7) is 2.85. The van der Waals surface area contributed by atoms with E-state index >= 15 is 0 Å². The summed E-state index contributed by atoms with van der Waals surface area (Å²) < 4.78 is 23.8. The van der Waals surface area contributed by atoms with E-state index in [-0.39, 0.29) is 43.6 Å². The number of carbonyl (C=O) groups excluding carboxylic acids is 1. The molecule has 1 aliphatic rings. The van der Waals surface area contributed by atoms with Crippen molar-refractivity contribution in [3.05, 3.63) is 30.1 Å². The molecule has 1 saturated heterocycles. The van der Waals surface area contributed by atoms with E-state index in [0.29, 0.717) is 18.8 Å². The summed E-state index contributed by atoms with van der Waals surface area (Å²) in [6.07, 6.45) is -0.215. The fourth-order valence-electron chi connectivity index (χ4n) is 2.32. The van der Waals surface area contributed by atoms with E-state index in [4.69, 9.17) is 14.6 Å². The van der Waals surface area contributed by atoms with Gasteiger partial charge >= 0.3 is 0 Å². The van der Waals surface area contributed by atoms with Crippen molar-refractivity contribution in [2.24, 2.45) is 0 Å². The van der Waals surface area contributed by atoms with Crippen LogP contribution in [0.2, 0.25) is 0 Å². The lowest BCUT2D eigenvalue weighted by atomic mass is 10.2. The Balaban J connectivity index is 1.79. The van der Waals surface area contributed by atoms with Crippen LogP contribution >= 0.6 is 0 Å². The molecule has 1 amide bonds. The Morgan fingerprint density at radius 2 is 2.33 bits per heavy atom. The van der Waals surface area contributed by atoms with Crippen molar-refractivity contribution in [1.29, 1.82) is 0 Å². The molecule has 1 N–H and O–H groups in total. The predicted octanol–water partition coefficient (Wildman–Crippen LogP) is 1.20. The number of aliphatic hydroxyl groups is 1. The maximum absolute atomic E-state index is 13.0. The number of aliphatic hydroxyl groups excluding tert-OH is 1. The fraction of sp³-hybridized carbons (Fsp3) is 0.533. The maximum Gasteiger partial charge on any atom is 0.226 e. The zero-order chi connectivity index (χ0) is 15.2. The molecule has 2 unspecified atom stereocenters. The molecule has 1 aromatic rings.